The summed E-state index contributed by atoms with van der Waals surface area (Å²) in [5.41, 5.74) is 2.14. The van der Waals surface area contributed by atoms with Gasteiger partial charge < -0.3 is 15.5 Å². The van der Waals surface area contributed by atoms with Crippen molar-refractivity contribution in [3.63, 3.8) is 0 Å². The van der Waals surface area contributed by atoms with E-state index >= 15 is 0 Å². The third kappa shape index (κ3) is 4.28. The molecule has 2 atom stereocenters. The monoisotopic (exact) mass is 351 g/mol. The Kier molecular flexibility index (Phi) is 6.63. The highest BCUT2D eigenvalue weighted by molar-refractivity contribution is 6.00. The number of hydrogen-bond acceptors (Lipinski definition) is 3. The predicted molar refractivity (Wildman–Crippen MR) is 97.6 cm³/mol. The molecular formula is C18H26ClN3O2. The normalized spacial score (nSPS) is 23.2. The molecule has 6 heteroatoms. The van der Waals surface area contributed by atoms with E-state index in [9.17, 15) is 9.59 Å². The molecule has 2 fully saturated rings. The smallest absolute Gasteiger partial charge is 0.227 e. The fourth-order valence-electron chi connectivity index (χ4n) is 3.34. The number of anilines is 1. The molecule has 0 aromatic heterocycles. The first kappa shape index (κ1) is 18.7. The number of amides is 2. The summed E-state index contributed by atoms with van der Waals surface area (Å²) < 4.78 is 0. The van der Waals surface area contributed by atoms with Crippen LogP contribution in [0.25, 0.3) is 0 Å². The van der Waals surface area contributed by atoms with Gasteiger partial charge in [-0.1, -0.05) is 19.1 Å². The highest BCUT2D eigenvalue weighted by Gasteiger charge is 2.35. The van der Waals surface area contributed by atoms with Gasteiger partial charge in [-0.2, -0.15) is 0 Å². The van der Waals surface area contributed by atoms with Crippen LogP contribution in [0.4, 0.5) is 5.69 Å². The third-order valence-corrected chi connectivity index (χ3v) is 4.84. The molecule has 2 heterocycles. The summed E-state index contributed by atoms with van der Waals surface area (Å²) in [6, 6.07) is 8.41. The Bertz CT molecular complexity index is 570. The van der Waals surface area contributed by atoms with E-state index in [0.29, 0.717) is 25.6 Å². The van der Waals surface area contributed by atoms with Crippen molar-refractivity contribution in [1.82, 2.24) is 10.6 Å². The van der Waals surface area contributed by atoms with Crippen LogP contribution in [0.5, 0.6) is 0 Å². The average molecular weight is 352 g/mol. The van der Waals surface area contributed by atoms with Gasteiger partial charge >= 0.3 is 0 Å². The van der Waals surface area contributed by atoms with E-state index < -0.39 is 0 Å². The van der Waals surface area contributed by atoms with Crippen molar-refractivity contribution in [3.05, 3.63) is 29.8 Å². The maximum atomic E-state index is 12.3. The van der Waals surface area contributed by atoms with Crippen LogP contribution in [-0.2, 0) is 16.0 Å². The van der Waals surface area contributed by atoms with Gasteiger partial charge in [0, 0.05) is 31.2 Å². The average Bonchev–Trinajstić information content (AvgIpc) is 3.22. The van der Waals surface area contributed by atoms with Crippen molar-refractivity contribution in [2.75, 3.05) is 24.5 Å². The second-order valence-corrected chi connectivity index (χ2v) is 6.46. The molecule has 0 aliphatic carbocycles. The topological polar surface area (TPSA) is 61.4 Å². The lowest BCUT2D eigenvalue weighted by molar-refractivity contribution is -0.126. The number of aryl methyl sites for hydroxylation is 1. The number of hydrogen-bond donors (Lipinski definition) is 2. The van der Waals surface area contributed by atoms with Crippen LogP contribution < -0.4 is 15.5 Å². The van der Waals surface area contributed by atoms with Gasteiger partial charge in [0.25, 0.3) is 0 Å². The first-order chi connectivity index (χ1) is 11.2. The Morgan fingerprint density at radius 3 is 2.71 bits per heavy atom. The van der Waals surface area contributed by atoms with Crippen LogP contribution in [-0.4, -0.2) is 37.5 Å². The Balaban J connectivity index is 0.00000208. The molecule has 0 spiro atoms. The minimum absolute atomic E-state index is 0. The lowest BCUT2D eigenvalue weighted by atomic mass is 10.1. The minimum Gasteiger partial charge on any atom is -0.354 e. The van der Waals surface area contributed by atoms with Gasteiger partial charge in [-0.05, 0) is 43.5 Å². The second-order valence-electron chi connectivity index (χ2n) is 6.46. The number of carbonyl (C=O) groups excluding carboxylic acids is 2. The van der Waals surface area contributed by atoms with Crippen LogP contribution in [0.2, 0.25) is 0 Å². The fraction of sp³-hybridized carbons (Fsp3) is 0.556. The van der Waals surface area contributed by atoms with Crippen molar-refractivity contribution < 1.29 is 9.59 Å². The number of rotatable bonds is 5. The summed E-state index contributed by atoms with van der Waals surface area (Å²) in [6.07, 6.45) is 3.57. The van der Waals surface area contributed by atoms with E-state index in [4.69, 9.17) is 0 Å². The van der Waals surface area contributed by atoms with Crippen LogP contribution in [0.15, 0.2) is 24.3 Å². The maximum absolute atomic E-state index is 12.3. The van der Waals surface area contributed by atoms with E-state index in [-0.39, 0.29) is 30.1 Å². The SMILES string of the molecule is CCc1ccc(N2CC(C(=O)NCC3CCCN3)CC2=O)cc1.Cl. The Morgan fingerprint density at radius 1 is 1.33 bits per heavy atom. The van der Waals surface area contributed by atoms with Crippen LogP contribution in [0, 0.1) is 5.92 Å². The molecule has 3 rings (SSSR count). The van der Waals surface area contributed by atoms with Crippen molar-refractivity contribution in [3.8, 4) is 0 Å². The summed E-state index contributed by atoms with van der Waals surface area (Å²) in [4.78, 5) is 26.3. The Hall–Kier alpha value is -1.59. The quantitative estimate of drug-likeness (QED) is 0.851. The Labute approximate surface area is 149 Å². The third-order valence-electron chi connectivity index (χ3n) is 4.84. The molecule has 5 nitrogen and oxygen atoms in total. The zero-order valence-electron chi connectivity index (χ0n) is 14.1. The zero-order valence-corrected chi connectivity index (χ0v) is 14.9. The number of carbonyl (C=O) groups is 2. The van der Waals surface area contributed by atoms with Crippen LogP contribution in [0.1, 0.15) is 31.7 Å². The second kappa shape index (κ2) is 8.49. The highest BCUT2D eigenvalue weighted by atomic mass is 35.5. The largest absolute Gasteiger partial charge is 0.354 e. The lowest BCUT2D eigenvalue weighted by Gasteiger charge is -2.18. The predicted octanol–water partition coefficient (Wildman–Crippen LogP) is 1.89. The molecule has 132 valence electrons. The number of benzene rings is 1. The van der Waals surface area contributed by atoms with Crippen molar-refractivity contribution >= 4 is 29.9 Å². The fourth-order valence-corrected chi connectivity index (χ4v) is 3.34. The summed E-state index contributed by atoms with van der Waals surface area (Å²) in [5, 5.41) is 6.36. The summed E-state index contributed by atoms with van der Waals surface area (Å²) in [7, 11) is 0. The molecule has 2 amide bonds. The van der Waals surface area contributed by atoms with Crippen molar-refractivity contribution in [2.24, 2.45) is 5.92 Å². The van der Waals surface area contributed by atoms with Gasteiger partial charge in [-0.3, -0.25) is 9.59 Å². The van der Waals surface area contributed by atoms with E-state index in [2.05, 4.69) is 17.6 Å². The number of nitrogens with one attached hydrogen (secondary N) is 2. The van der Waals surface area contributed by atoms with Gasteiger partial charge in [0.1, 0.15) is 0 Å². The van der Waals surface area contributed by atoms with Crippen LogP contribution in [0.3, 0.4) is 0 Å². The molecule has 1 aromatic rings. The lowest BCUT2D eigenvalue weighted by Crippen LogP contribution is -2.40. The molecule has 2 aliphatic rings. The molecule has 1 aromatic carbocycles. The minimum atomic E-state index is -0.241. The summed E-state index contributed by atoms with van der Waals surface area (Å²) >= 11 is 0. The molecule has 0 saturated carbocycles. The molecule has 2 N–H and O–H groups in total. The standard InChI is InChI=1S/C18H25N3O2.ClH/c1-2-13-5-7-16(8-6-13)21-12-14(10-17(21)22)18(23)20-11-15-4-3-9-19-15;/h5-8,14-15,19H,2-4,9-12H2,1H3,(H,20,23);1H. The first-order valence-corrected chi connectivity index (χ1v) is 8.57. The van der Waals surface area contributed by atoms with Gasteiger partial charge in [0.05, 0.1) is 5.92 Å². The van der Waals surface area contributed by atoms with E-state index in [1.54, 1.807) is 4.90 Å². The highest BCUT2D eigenvalue weighted by Crippen LogP contribution is 2.25. The number of nitrogens with zero attached hydrogens (tertiary/aromatic N) is 1. The van der Waals surface area contributed by atoms with Gasteiger partial charge in [0.2, 0.25) is 11.8 Å². The molecule has 2 unspecified atom stereocenters. The van der Waals surface area contributed by atoms with E-state index in [0.717, 1.165) is 25.1 Å². The van der Waals surface area contributed by atoms with Crippen LogP contribution >= 0.6 is 12.4 Å². The van der Waals surface area contributed by atoms with Gasteiger partial charge in [-0.15, -0.1) is 12.4 Å². The van der Waals surface area contributed by atoms with Crippen molar-refractivity contribution in [2.45, 2.75) is 38.6 Å². The summed E-state index contributed by atoms with van der Waals surface area (Å²) in [5.74, 6) is -0.206. The molecule has 0 radical (unpaired) electrons. The maximum Gasteiger partial charge on any atom is 0.227 e. The molecule has 2 aliphatic heterocycles. The zero-order chi connectivity index (χ0) is 16.2. The molecule has 24 heavy (non-hydrogen) atoms. The first-order valence-electron chi connectivity index (χ1n) is 8.57. The van der Waals surface area contributed by atoms with Gasteiger partial charge in [0.15, 0.2) is 0 Å². The Morgan fingerprint density at radius 2 is 2.08 bits per heavy atom. The van der Waals surface area contributed by atoms with Crippen molar-refractivity contribution in [1.29, 1.82) is 0 Å². The molecule has 2 saturated heterocycles. The summed E-state index contributed by atoms with van der Waals surface area (Å²) in [6.45, 7) is 4.28. The number of halogens is 1. The van der Waals surface area contributed by atoms with Gasteiger partial charge in [-0.25, -0.2) is 0 Å². The van der Waals surface area contributed by atoms with E-state index in [1.807, 2.05) is 24.3 Å². The molecular weight excluding hydrogens is 326 g/mol. The van der Waals surface area contributed by atoms with E-state index in [1.165, 1.54) is 12.0 Å². The molecule has 0 bridgehead atoms.